The van der Waals surface area contributed by atoms with Crippen LogP contribution in [0.5, 0.6) is 0 Å². The molecule has 7 heteroatoms. The van der Waals surface area contributed by atoms with Gasteiger partial charge in [-0.25, -0.2) is 4.99 Å². The van der Waals surface area contributed by atoms with Crippen LogP contribution < -0.4 is 16.0 Å². The van der Waals surface area contributed by atoms with Crippen molar-refractivity contribution in [1.82, 2.24) is 16.0 Å². The van der Waals surface area contributed by atoms with Gasteiger partial charge in [0.05, 0.1) is 6.54 Å². The van der Waals surface area contributed by atoms with E-state index in [-0.39, 0.29) is 29.9 Å². The maximum Gasteiger partial charge on any atom is 0.251 e. The number of thioether (sulfide) groups is 1. The van der Waals surface area contributed by atoms with Gasteiger partial charge in [0.15, 0.2) is 5.96 Å². The lowest BCUT2D eigenvalue weighted by molar-refractivity contribution is 0.0956. The van der Waals surface area contributed by atoms with Gasteiger partial charge in [0, 0.05) is 29.9 Å². The highest BCUT2D eigenvalue weighted by atomic mass is 127. The first-order valence-electron chi connectivity index (χ1n) is 9.11. The van der Waals surface area contributed by atoms with Crippen LogP contribution in [0.25, 0.3) is 0 Å². The molecule has 0 spiro atoms. The average Bonchev–Trinajstić information content (AvgIpc) is 3.08. The molecule has 0 heterocycles. The van der Waals surface area contributed by atoms with E-state index in [0.717, 1.165) is 23.3 Å². The van der Waals surface area contributed by atoms with Crippen LogP contribution in [0.3, 0.4) is 0 Å². The summed E-state index contributed by atoms with van der Waals surface area (Å²) in [5.41, 5.74) is 1.78. The Morgan fingerprint density at radius 3 is 2.42 bits per heavy atom. The number of aliphatic imine (C=N–C) groups is 1. The second-order valence-corrected chi connectivity index (χ2v) is 7.40. The summed E-state index contributed by atoms with van der Waals surface area (Å²) >= 11 is 1.96. The number of carbonyl (C=O) groups is 1. The van der Waals surface area contributed by atoms with E-state index in [4.69, 9.17) is 4.99 Å². The Morgan fingerprint density at radius 1 is 1.15 bits per heavy atom. The quantitative estimate of drug-likeness (QED) is 0.312. The maximum absolute atomic E-state index is 11.8. The fourth-order valence-electron chi connectivity index (χ4n) is 2.99. The predicted molar refractivity (Wildman–Crippen MR) is 123 cm³/mol. The molecule has 1 fully saturated rings. The molecule has 0 aliphatic heterocycles. The lowest BCUT2D eigenvalue weighted by Gasteiger charge is -2.17. The number of nitrogens with one attached hydrogen (secondary N) is 3. The molecule has 5 nitrogen and oxygen atoms in total. The van der Waals surface area contributed by atoms with Gasteiger partial charge in [-0.05, 0) is 57.1 Å². The van der Waals surface area contributed by atoms with Crippen molar-refractivity contribution < 1.29 is 4.79 Å². The summed E-state index contributed by atoms with van der Waals surface area (Å²) in [5, 5.41) is 10.5. The minimum Gasteiger partial charge on any atom is -0.357 e. The van der Waals surface area contributed by atoms with Crippen molar-refractivity contribution in [3.05, 3.63) is 35.4 Å². The number of rotatable bonds is 7. The molecular weight excluding hydrogens is 459 g/mol. The van der Waals surface area contributed by atoms with E-state index in [1.54, 1.807) is 0 Å². The van der Waals surface area contributed by atoms with Gasteiger partial charge < -0.3 is 16.0 Å². The van der Waals surface area contributed by atoms with Gasteiger partial charge >= 0.3 is 0 Å². The highest BCUT2D eigenvalue weighted by Gasteiger charge is 2.24. The summed E-state index contributed by atoms with van der Waals surface area (Å²) in [7, 11) is 0. The molecule has 0 aromatic heterocycles. The number of carbonyl (C=O) groups excluding carboxylic acids is 1. The smallest absolute Gasteiger partial charge is 0.251 e. The molecule has 26 heavy (non-hydrogen) atoms. The zero-order valence-corrected chi connectivity index (χ0v) is 19.0. The molecule has 1 aromatic carbocycles. The van der Waals surface area contributed by atoms with Crippen LogP contribution in [0.4, 0.5) is 0 Å². The van der Waals surface area contributed by atoms with Gasteiger partial charge in [-0.1, -0.05) is 12.1 Å². The Kier molecular flexibility index (Phi) is 11.0. The highest BCUT2D eigenvalue weighted by molar-refractivity contribution is 14.0. The monoisotopic (exact) mass is 490 g/mol. The largest absolute Gasteiger partial charge is 0.357 e. The molecule has 2 atom stereocenters. The van der Waals surface area contributed by atoms with Gasteiger partial charge in [-0.3, -0.25) is 4.79 Å². The van der Waals surface area contributed by atoms with E-state index in [0.29, 0.717) is 24.7 Å². The van der Waals surface area contributed by atoms with E-state index in [9.17, 15) is 4.79 Å². The average molecular weight is 490 g/mol. The Bertz CT molecular complexity index is 579. The Balaban J connectivity index is 0.00000338. The molecule has 1 aliphatic carbocycles. The van der Waals surface area contributed by atoms with E-state index < -0.39 is 0 Å². The van der Waals surface area contributed by atoms with Crippen LogP contribution in [-0.2, 0) is 6.54 Å². The summed E-state index contributed by atoms with van der Waals surface area (Å²) in [6.45, 7) is 6.09. The summed E-state index contributed by atoms with van der Waals surface area (Å²) in [5.74, 6) is 0.846. The van der Waals surface area contributed by atoms with Crippen molar-refractivity contribution in [2.75, 3.05) is 19.3 Å². The van der Waals surface area contributed by atoms with Gasteiger partial charge in [-0.2, -0.15) is 11.8 Å². The maximum atomic E-state index is 11.8. The summed E-state index contributed by atoms with van der Waals surface area (Å²) < 4.78 is 0. The molecule has 146 valence electrons. The zero-order chi connectivity index (χ0) is 18.1. The topological polar surface area (TPSA) is 65.5 Å². The van der Waals surface area contributed by atoms with Gasteiger partial charge in [0.2, 0.25) is 0 Å². The third kappa shape index (κ3) is 7.34. The summed E-state index contributed by atoms with van der Waals surface area (Å²) in [6, 6.07) is 8.16. The van der Waals surface area contributed by atoms with Crippen LogP contribution in [0.2, 0.25) is 0 Å². The molecule has 0 radical (unpaired) electrons. The van der Waals surface area contributed by atoms with Crippen LogP contribution in [0.1, 0.15) is 49.0 Å². The third-order valence-electron chi connectivity index (χ3n) is 4.38. The summed E-state index contributed by atoms with van der Waals surface area (Å²) in [6.07, 6.45) is 5.88. The van der Waals surface area contributed by atoms with Crippen LogP contribution in [0.15, 0.2) is 29.3 Å². The molecule has 3 N–H and O–H groups in total. The van der Waals surface area contributed by atoms with Crippen LogP contribution in [0, 0.1) is 0 Å². The predicted octanol–water partition coefficient (Wildman–Crippen LogP) is 3.39. The second-order valence-electron chi connectivity index (χ2n) is 6.26. The van der Waals surface area contributed by atoms with Gasteiger partial charge in [-0.15, -0.1) is 24.0 Å². The first kappa shape index (κ1) is 23.1. The first-order chi connectivity index (χ1) is 12.2. The van der Waals surface area contributed by atoms with E-state index in [1.807, 2.05) is 43.0 Å². The molecule has 1 aromatic rings. The van der Waals surface area contributed by atoms with Crippen molar-refractivity contribution >= 4 is 47.6 Å². The second kappa shape index (κ2) is 12.4. The van der Waals surface area contributed by atoms with Crippen LogP contribution >= 0.6 is 35.7 Å². The summed E-state index contributed by atoms with van der Waals surface area (Å²) in [4.78, 5) is 16.5. The fraction of sp³-hybridized carbons (Fsp3) is 0.579. The van der Waals surface area contributed by atoms with E-state index in [1.165, 1.54) is 19.3 Å². The fourth-order valence-corrected chi connectivity index (χ4v) is 3.79. The van der Waals surface area contributed by atoms with Crippen molar-refractivity contribution in [2.24, 2.45) is 4.99 Å². The normalized spacial score (nSPS) is 19.6. The van der Waals surface area contributed by atoms with E-state index >= 15 is 0 Å². The molecule has 1 aliphatic rings. The minimum absolute atomic E-state index is 0. The molecule has 2 unspecified atom stereocenters. The number of guanidine groups is 1. The minimum atomic E-state index is -0.0304. The third-order valence-corrected chi connectivity index (χ3v) is 5.47. The Hall–Kier alpha value is -0.960. The number of nitrogens with zero attached hydrogens (tertiary/aromatic N) is 1. The Labute approximate surface area is 178 Å². The first-order valence-corrected chi connectivity index (χ1v) is 10.4. The number of hydrogen-bond donors (Lipinski definition) is 3. The molecule has 1 saturated carbocycles. The standard InChI is InChI=1S/C19H30N4OS.HI/c1-4-20-18(24)15-8-6-14(7-9-15)13-22-19(21-5-2)23-16-10-11-17(12-16)25-3;/h6-9,16-17H,4-5,10-13H2,1-3H3,(H,20,24)(H2,21,22,23);1H. The SMILES string of the molecule is CCNC(=O)c1ccc(CN=C(NCC)NC2CCC(SC)C2)cc1.I. The molecular formula is C19H31IN4OS. The zero-order valence-electron chi connectivity index (χ0n) is 15.9. The Morgan fingerprint density at radius 2 is 1.85 bits per heavy atom. The van der Waals surface area contributed by atoms with Gasteiger partial charge in [0.1, 0.15) is 0 Å². The highest BCUT2D eigenvalue weighted by Crippen LogP contribution is 2.28. The van der Waals surface area contributed by atoms with Crippen molar-refractivity contribution in [1.29, 1.82) is 0 Å². The van der Waals surface area contributed by atoms with Gasteiger partial charge in [0.25, 0.3) is 5.91 Å². The van der Waals surface area contributed by atoms with Crippen molar-refractivity contribution in [3.8, 4) is 0 Å². The molecule has 0 saturated heterocycles. The van der Waals surface area contributed by atoms with Crippen LogP contribution in [-0.4, -0.2) is 42.5 Å². The molecule has 0 bridgehead atoms. The number of amides is 1. The van der Waals surface area contributed by atoms with Crippen molar-refractivity contribution in [2.45, 2.75) is 50.9 Å². The molecule has 1 amide bonds. The lowest BCUT2D eigenvalue weighted by atomic mass is 10.1. The van der Waals surface area contributed by atoms with Crippen molar-refractivity contribution in [3.63, 3.8) is 0 Å². The number of halogens is 1. The number of benzene rings is 1. The lowest BCUT2D eigenvalue weighted by Crippen LogP contribution is -2.42. The van der Waals surface area contributed by atoms with E-state index in [2.05, 4.69) is 29.1 Å². The number of hydrogen-bond acceptors (Lipinski definition) is 3. The molecule has 2 rings (SSSR count).